The minimum Gasteiger partial charge on any atom is -0.359 e. The second kappa shape index (κ2) is 5.78. The van der Waals surface area contributed by atoms with E-state index in [1.807, 2.05) is 38.4 Å². The Bertz CT molecular complexity index is 516. The molecule has 0 saturated heterocycles. The maximum Gasteiger partial charge on any atom is 0.137 e. The summed E-state index contributed by atoms with van der Waals surface area (Å²) >= 11 is 5.98. The topological polar surface area (TPSA) is 41.9 Å². The van der Waals surface area contributed by atoms with Gasteiger partial charge in [0.15, 0.2) is 0 Å². The van der Waals surface area contributed by atoms with E-state index in [0.29, 0.717) is 5.15 Å². The minimum absolute atomic E-state index is 0.504. The van der Waals surface area contributed by atoms with E-state index in [-0.39, 0.29) is 0 Å². The second-order valence-corrected chi connectivity index (χ2v) is 4.46. The van der Waals surface area contributed by atoms with Crippen LogP contribution >= 0.6 is 11.6 Å². The van der Waals surface area contributed by atoms with Crippen LogP contribution in [0.4, 0.5) is 5.82 Å². The van der Waals surface area contributed by atoms with Crippen molar-refractivity contribution >= 4 is 17.4 Å². The van der Waals surface area contributed by atoms with Gasteiger partial charge in [-0.15, -0.1) is 0 Å². The van der Waals surface area contributed by atoms with E-state index in [4.69, 9.17) is 11.6 Å². The molecule has 0 saturated carbocycles. The molecule has 2 aromatic rings. The normalized spacial score (nSPS) is 10.4. The highest BCUT2D eigenvalue weighted by Gasteiger charge is 2.09. The molecule has 0 aliphatic heterocycles. The summed E-state index contributed by atoms with van der Waals surface area (Å²) in [6.07, 6.45) is 4.17. The third kappa shape index (κ3) is 2.96. The van der Waals surface area contributed by atoms with E-state index in [0.717, 1.165) is 30.0 Å². The number of pyridine rings is 1. The minimum atomic E-state index is 0.504. The zero-order chi connectivity index (χ0) is 13.0. The molecule has 5 heteroatoms. The molecular weight excluding hydrogens is 248 g/mol. The van der Waals surface area contributed by atoms with Gasteiger partial charge in [0.1, 0.15) is 17.3 Å². The van der Waals surface area contributed by atoms with E-state index in [1.54, 1.807) is 0 Å². The molecule has 0 atom stereocenters. The molecule has 0 amide bonds. The molecule has 0 aliphatic carbocycles. The van der Waals surface area contributed by atoms with Crippen molar-refractivity contribution < 1.29 is 0 Å². The fourth-order valence-corrected chi connectivity index (χ4v) is 1.87. The van der Waals surface area contributed by atoms with Gasteiger partial charge in [-0.25, -0.2) is 9.97 Å². The lowest BCUT2D eigenvalue weighted by Crippen LogP contribution is -2.22. The Balaban J connectivity index is 2.04. The highest BCUT2D eigenvalue weighted by atomic mass is 35.5. The van der Waals surface area contributed by atoms with Gasteiger partial charge in [0.05, 0.1) is 0 Å². The summed E-state index contributed by atoms with van der Waals surface area (Å²) in [5.41, 5.74) is 1.98. The molecule has 0 spiro atoms. The van der Waals surface area contributed by atoms with Crippen LogP contribution in [0.2, 0.25) is 5.15 Å². The van der Waals surface area contributed by atoms with Crippen molar-refractivity contribution in [1.82, 2.24) is 15.0 Å². The van der Waals surface area contributed by atoms with E-state index in [1.165, 1.54) is 6.33 Å². The van der Waals surface area contributed by atoms with Gasteiger partial charge in [0.2, 0.25) is 0 Å². The Hall–Kier alpha value is -1.68. The Kier molecular flexibility index (Phi) is 4.10. The zero-order valence-corrected chi connectivity index (χ0v) is 11.2. The summed E-state index contributed by atoms with van der Waals surface area (Å²) in [7, 11) is 1.99. The van der Waals surface area contributed by atoms with Crippen molar-refractivity contribution in [1.29, 1.82) is 0 Å². The van der Waals surface area contributed by atoms with Crippen LogP contribution in [0.3, 0.4) is 0 Å². The van der Waals surface area contributed by atoms with Crippen molar-refractivity contribution in [3.8, 4) is 0 Å². The summed E-state index contributed by atoms with van der Waals surface area (Å²) in [4.78, 5) is 14.6. The van der Waals surface area contributed by atoms with E-state index in [9.17, 15) is 0 Å². The van der Waals surface area contributed by atoms with Gasteiger partial charge >= 0.3 is 0 Å². The molecule has 2 rings (SSSR count). The van der Waals surface area contributed by atoms with Gasteiger partial charge in [0.25, 0.3) is 0 Å². The standard InChI is InChI=1S/C13H15ClN4/c1-10-12(14)16-9-17-13(10)18(2)8-6-11-5-3-4-7-15-11/h3-5,7,9H,6,8H2,1-2H3. The highest BCUT2D eigenvalue weighted by molar-refractivity contribution is 6.30. The lowest BCUT2D eigenvalue weighted by molar-refractivity contribution is 0.831. The Morgan fingerprint density at radius 2 is 2.06 bits per heavy atom. The van der Waals surface area contributed by atoms with Gasteiger partial charge in [-0.3, -0.25) is 4.98 Å². The van der Waals surface area contributed by atoms with Gasteiger partial charge in [0, 0.05) is 37.5 Å². The van der Waals surface area contributed by atoms with Gasteiger partial charge < -0.3 is 4.90 Å². The molecular formula is C13H15ClN4. The van der Waals surface area contributed by atoms with Crippen LogP contribution in [-0.2, 0) is 6.42 Å². The van der Waals surface area contributed by atoms with Crippen molar-refractivity contribution in [3.05, 3.63) is 47.1 Å². The first kappa shape index (κ1) is 12.8. The Morgan fingerprint density at radius 1 is 1.22 bits per heavy atom. The van der Waals surface area contributed by atoms with Crippen molar-refractivity contribution in [3.63, 3.8) is 0 Å². The molecule has 0 bridgehead atoms. The van der Waals surface area contributed by atoms with Crippen molar-refractivity contribution in [2.24, 2.45) is 0 Å². The molecule has 0 aromatic carbocycles. The van der Waals surface area contributed by atoms with Crippen LogP contribution in [0.25, 0.3) is 0 Å². The lowest BCUT2D eigenvalue weighted by Gasteiger charge is -2.19. The van der Waals surface area contributed by atoms with Crippen LogP contribution in [0.1, 0.15) is 11.3 Å². The number of rotatable bonds is 4. The predicted octanol–water partition coefficient (Wildman–Crippen LogP) is 2.51. The van der Waals surface area contributed by atoms with E-state index in [2.05, 4.69) is 19.9 Å². The first-order valence-electron chi connectivity index (χ1n) is 5.76. The van der Waals surface area contributed by atoms with E-state index < -0.39 is 0 Å². The molecule has 0 aliphatic rings. The van der Waals surface area contributed by atoms with E-state index >= 15 is 0 Å². The summed E-state index contributed by atoms with van der Waals surface area (Å²) in [5.74, 6) is 0.867. The summed E-state index contributed by atoms with van der Waals surface area (Å²) in [6.45, 7) is 2.76. The number of aromatic nitrogens is 3. The molecule has 94 valence electrons. The summed E-state index contributed by atoms with van der Waals surface area (Å²) in [5, 5.41) is 0.504. The van der Waals surface area contributed by atoms with Crippen LogP contribution in [0.15, 0.2) is 30.7 Å². The predicted molar refractivity (Wildman–Crippen MR) is 73.0 cm³/mol. The van der Waals surface area contributed by atoms with Gasteiger partial charge in [-0.05, 0) is 19.1 Å². The van der Waals surface area contributed by atoms with Crippen LogP contribution in [0, 0.1) is 6.92 Å². The molecule has 4 nitrogen and oxygen atoms in total. The number of hydrogen-bond acceptors (Lipinski definition) is 4. The van der Waals surface area contributed by atoms with Crippen LogP contribution in [0.5, 0.6) is 0 Å². The second-order valence-electron chi connectivity index (χ2n) is 4.11. The van der Waals surface area contributed by atoms with Crippen molar-refractivity contribution in [2.75, 3.05) is 18.5 Å². The first-order chi connectivity index (χ1) is 8.68. The molecule has 2 aromatic heterocycles. The van der Waals surface area contributed by atoms with Gasteiger partial charge in [-0.1, -0.05) is 17.7 Å². The number of anilines is 1. The smallest absolute Gasteiger partial charge is 0.137 e. The molecule has 18 heavy (non-hydrogen) atoms. The average molecular weight is 263 g/mol. The maximum atomic E-state index is 5.98. The fraction of sp³-hybridized carbons (Fsp3) is 0.308. The molecule has 0 fully saturated rings. The molecule has 0 N–H and O–H groups in total. The fourth-order valence-electron chi connectivity index (χ4n) is 1.74. The Labute approximate surface area is 112 Å². The monoisotopic (exact) mass is 262 g/mol. The molecule has 2 heterocycles. The third-order valence-corrected chi connectivity index (χ3v) is 3.17. The number of likely N-dealkylation sites (N-methyl/N-ethyl adjacent to an activating group) is 1. The maximum absolute atomic E-state index is 5.98. The number of nitrogens with zero attached hydrogens (tertiary/aromatic N) is 4. The average Bonchev–Trinajstić information content (AvgIpc) is 2.40. The lowest BCUT2D eigenvalue weighted by atomic mass is 10.2. The quantitative estimate of drug-likeness (QED) is 0.794. The van der Waals surface area contributed by atoms with Crippen LogP contribution in [-0.4, -0.2) is 28.5 Å². The first-order valence-corrected chi connectivity index (χ1v) is 6.14. The highest BCUT2D eigenvalue weighted by Crippen LogP contribution is 2.20. The van der Waals surface area contributed by atoms with Crippen LogP contribution < -0.4 is 4.90 Å². The zero-order valence-electron chi connectivity index (χ0n) is 10.5. The molecule has 0 radical (unpaired) electrons. The number of halogens is 1. The largest absolute Gasteiger partial charge is 0.359 e. The number of hydrogen-bond donors (Lipinski definition) is 0. The summed E-state index contributed by atoms with van der Waals surface area (Å²) in [6, 6.07) is 5.93. The van der Waals surface area contributed by atoms with Gasteiger partial charge in [-0.2, -0.15) is 0 Å². The Morgan fingerprint density at radius 3 is 2.78 bits per heavy atom. The SMILES string of the molecule is Cc1c(Cl)ncnc1N(C)CCc1ccccn1. The third-order valence-electron chi connectivity index (χ3n) is 2.79. The summed E-state index contributed by atoms with van der Waals surface area (Å²) < 4.78 is 0. The molecule has 0 unspecified atom stereocenters. The van der Waals surface area contributed by atoms with Crippen molar-refractivity contribution in [2.45, 2.75) is 13.3 Å².